The summed E-state index contributed by atoms with van der Waals surface area (Å²) in [6.45, 7) is 3.61. The maximum atomic E-state index is 12.9. The molecule has 0 saturated carbocycles. The molecule has 7 nitrogen and oxygen atoms in total. The van der Waals surface area contributed by atoms with Gasteiger partial charge in [0, 0.05) is 18.9 Å². The molecule has 0 unspecified atom stereocenters. The summed E-state index contributed by atoms with van der Waals surface area (Å²) in [6, 6.07) is 11.0. The largest absolute Gasteiger partial charge is 0.345 e. The van der Waals surface area contributed by atoms with E-state index in [2.05, 4.69) is 5.32 Å². The van der Waals surface area contributed by atoms with Crippen LogP contribution in [0.2, 0.25) is 0 Å². The van der Waals surface area contributed by atoms with Gasteiger partial charge in [-0.1, -0.05) is 25.1 Å². The molecule has 2 aromatic rings. The molecule has 2 rings (SSSR count). The highest BCUT2D eigenvalue weighted by atomic mass is 32.2. The Morgan fingerprint density at radius 2 is 1.62 bits per heavy atom. The number of hydrogen-bond acceptors (Lipinski definition) is 5. The van der Waals surface area contributed by atoms with Gasteiger partial charge >= 0.3 is 0 Å². The number of benzene rings is 2. The van der Waals surface area contributed by atoms with Crippen molar-refractivity contribution in [2.45, 2.75) is 31.2 Å². The zero-order valence-electron chi connectivity index (χ0n) is 17.1. The average Bonchev–Trinajstić information content (AvgIpc) is 2.64. The minimum absolute atomic E-state index is 0.217. The molecule has 0 aromatic heterocycles. The molecule has 0 aliphatic rings. The molecule has 0 saturated heterocycles. The summed E-state index contributed by atoms with van der Waals surface area (Å²) >= 11 is 0. The summed E-state index contributed by atoms with van der Waals surface area (Å²) in [5.74, 6) is -0.328. The molecule has 1 amide bonds. The van der Waals surface area contributed by atoms with Gasteiger partial charge in [0.2, 0.25) is 10.0 Å². The molecule has 0 heterocycles. The first kappa shape index (κ1) is 22.9. The van der Waals surface area contributed by atoms with E-state index >= 15 is 0 Å². The summed E-state index contributed by atoms with van der Waals surface area (Å²) in [5, 5.41) is 2.95. The highest BCUT2D eigenvalue weighted by Gasteiger charge is 2.21. The lowest BCUT2D eigenvalue weighted by atomic mass is 10.0. The Morgan fingerprint density at radius 1 is 1.03 bits per heavy atom. The number of nitrogens with zero attached hydrogens (tertiary/aromatic N) is 1. The van der Waals surface area contributed by atoms with E-state index in [1.54, 1.807) is 37.3 Å². The molecule has 0 bridgehead atoms. The van der Waals surface area contributed by atoms with Crippen molar-refractivity contribution >= 4 is 31.5 Å². The van der Waals surface area contributed by atoms with Gasteiger partial charge < -0.3 is 5.32 Å². The van der Waals surface area contributed by atoms with Crippen LogP contribution < -0.4 is 9.62 Å². The van der Waals surface area contributed by atoms with Gasteiger partial charge in [-0.3, -0.25) is 9.10 Å². The van der Waals surface area contributed by atoms with E-state index in [1.165, 1.54) is 19.2 Å². The average molecular weight is 439 g/mol. The normalized spacial score (nSPS) is 13.0. The molecule has 0 aliphatic heterocycles. The fourth-order valence-corrected chi connectivity index (χ4v) is 4.18. The first-order valence-corrected chi connectivity index (χ1v) is 12.7. The topological polar surface area (TPSA) is 101 Å². The minimum Gasteiger partial charge on any atom is -0.345 e. The van der Waals surface area contributed by atoms with Crippen LogP contribution in [0.25, 0.3) is 0 Å². The van der Waals surface area contributed by atoms with Crippen molar-refractivity contribution in [2.24, 2.45) is 0 Å². The minimum atomic E-state index is -3.46. The highest BCUT2D eigenvalue weighted by Crippen LogP contribution is 2.25. The highest BCUT2D eigenvalue weighted by molar-refractivity contribution is 7.92. The first-order chi connectivity index (χ1) is 13.4. The van der Waals surface area contributed by atoms with Crippen LogP contribution in [-0.2, 0) is 19.9 Å². The van der Waals surface area contributed by atoms with Crippen LogP contribution in [0.15, 0.2) is 47.4 Å². The standard InChI is InChI=1S/C20H26N2O5S2/c1-6-18(15-10-12-16(13-11-15)28(4,24)25)21-20(23)17-8-7-9-19(14(17)2)22(3)29(5,26)27/h7-13,18H,6H2,1-5H3,(H,21,23)/t18-/m0/s1. The second-order valence-corrected chi connectivity index (χ2v) is 11.0. The number of amides is 1. The first-order valence-electron chi connectivity index (χ1n) is 9.00. The lowest BCUT2D eigenvalue weighted by molar-refractivity contribution is 0.0935. The van der Waals surface area contributed by atoms with Crippen molar-refractivity contribution in [3.05, 3.63) is 59.2 Å². The fourth-order valence-electron chi connectivity index (χ4n) is 2.99. The van der Waals surface area contributed by atoms with E-state index < -0.39 is 19.9 Å². The fraction of sp³-hybridized carbons (Fsp3) is 0.350. The van der Waals surface area contributed by atoms with E-state index in [4.69, 9.17) is 0 Å². The SMILES string of the molecule is CC[C@H](NC(=O)c1cccc(N(C)S(C)(=O)=O)c1C)c1ccc(S(C)(=O)=O)cc1. The van der Waals surface area contributed by atoms with Crippen molar-refractivity contribution in [1.82, 2.24) is 5.32 Å². The van der Waals surface area contributed by atoms with Crippen LogP contribution >= 0.6 is 0 Å². The van der Waals surface area contributed by atoms with Gasteiger partial charge in [0.1, 0.15) is 0 Å². The number of nitrogens with one attached hydrogen (secondary N) is 1. The molecule has 0 spiro atoms. The van der Waals surface area contributed by atoms with Gasteiger partial charge in [-0.05, 0) is 48.7 Å². The van der Waals surface area contributed by atoms with Crippen LogP contribution in [0.1, 0.15) is 40.9 Å². The number of carbonyl (C=O) groups is 1. The molecule has 1 N–H and O–H groups in total. The van der Waals surface area contributed by atoms with Crippen LogP contribution in [0.3, 0.4) is 0 Å². The summed E-state index contributed by atoms with van der Waals surface area (Å²) < 4.78 is 48.1. The van der Waals surface area contributed by atoms with E-state index in [9.17, 15) is 21.6 Å². The smallest absolute Gasteiger partial charge is 0.252 e. The van der Waals surface area contributed by atoms with Crippen LogP contribution in [-0.4, -0.2) is 42.3 Å². The maximum Gasteiger partial charge on any atom is 0.252 e. The predicted octanol–water partition coefficient (Wildman–Crippen LogP) is 2.68. The van der Waals surface area contributed by atoms with Crippen LogP contribution in [0.4, 0.5) is 5.69 Å². The molecule has 0 fully saturated rings. The molecule has 29 heavy (non-hydrogen) atoms. The second-order valence-electron chi connectivity index (χ2n) is 6.96. The number of anilines is 1. The van der Waals surface area contributed by atoms with Crippen LogP contribution in [0.5, 0.6) is 0 Å². The maximum absolute atomic E-state index is 12.9. The lowest BCUT2D eigenvalue weighted by Gasteiger charge is -2.22. The molecule has 2 aromatic carbocycles. The molecule has 158 valence electrons. The van der Waals surface area contributed by atoms with Gasteiger partial charge in [-0.25, -0.2) is 16.8 Å². The van der Waals surface area contributed by atoms with E-state index in [0.717, 1.165) is 22.4 Å². The predicted molar refractivity (Wildman–Crippen MR) is 114 cm³/mol. The molecular formula is C20H26N2O5S2. The Bertz CT molecular complexity index is 1110. The lowest BCUT2D eigenvalue weighted by Crippen LogP contribution is -2.30. The van der Waals surface area contributed by atoms with Gasteiger partial charge in [-0.2, -0.15) is 0 Å². The molecule has 0 aliphatic carbocycles. The number of sulfonamides is 1. The number of carbonyl (C=O) groups excluding carboxylic acids is 1. The third kappa shape index (κ3) is 5.36. The van der Waals surface area contributed by atoms with Crippen molar-refractivity contribution in [3.8, 4) is 0 Å². The van der Waals surface area contributed by atoms with E-state index in [1.807, 2.05) is 6.92 Å². The zero-order valence-corrected chi connectivity index (χ0v) is 18.8. The molecular weight excluding hydrogens is 412 g/mol. The molecule has 9 heteroatoms. The Hall–Kier alpha value is -2.39. The molecule has 0 radical (unpaired) electrons. The van der Waals surface area contributed by atoms with Crippen molar-refractivity contribution < 1.29 is 21.6 Å². The Labute approximate surface area is 172 Å². The van der Waals surface area contributed by atoms with Gasteiger partial charge in [0.25, 0.3) is 5.91 Å². The Balaban J connectivity index is 2.31. The van der Waals surface area contributed by atoms with Crippen LogP contribution in [0, 0.1) is 6.92 Å². The third-order valence-electron chi connectivity index (χ3n) is 4.81. The summed E-state index contributed by atoms with van der Waals surface area (Å²) in [6.07, 6.45) is 2.85. The van der Waals surface area contributed by atoms with Crippen molar-refractivity contribution in [2.75, 3.05) is 23.9 Å². The van der Waals surface area contributed by atoms with Gasteiger partial charge in [-0.15, -0.1) is 0 Å². The van der Waals surface area contributed by atoms with E-state index in [-0.39, 0.29) is 16.8 Å². The Morgan fingerprint density at radius 3 is 2.10 bits per heavy atom. The van der Waals surface area contributed by atoms with Crippen molar-refractivity contribution in [1.29, 1.82) is 0 Å². The number of hydrogen-bond donors (Lipinski definition) is 1. The van der Waals surface area contributed by atoms with E-state index in [0.29, 0.717) is 23.2 Å². The van der Waals surface area contributed by atoms with Crippen molar-refractivity contribution in [3.63, 3.8) is 0 Å². The molecule has 1 atom stereocenters. The number of sulfone groups is 1. The zero-order chi connectivity index (χ0) is 22.0. The van der Waals surface area contributed by atoms with Gasteiger partial charge in [0.15, 0.2) is 9.84 Å². The second kappa shape index (κ2) is 8.54. The summed E-state index contributed by atoms with van der Waals surface area (Å²) in [7, 11) is -5.30. The summed E-state index contributed by atoms with van der Waals surface area (Å²) in [5.41, 5.74) is 2.16. The van der Waals surface area contributed by atoms with Gasteiger partial charge in [0.05, 0.1) is 22.9 Å². The quantitative estimate of drug-likeness (QED) is 0.716. The monoisotopic (exact) mass is 438 g/mol. The third-order valence-corrected chi connectivity index (χ3v) is 7.13. The summed E-state index contributed by atoms with van der Waals surface area (Å²) in [4.78, 5) is 13.1. The Kier molecular flexibility index (Phi) is 6.74. The number of rotatable bonds is 7.